The summed E-state index contributed by atoms with van der Waals surface area (Å²) in [4.78, 5) is 0. The van der Waals surface area contributed by atoms with Crippen LogP contribution in [0.15, 0.2) is 24.3 Å². The Morgan fingerprint density at radius 1 is 1.36 bits per heavy atom. The minimum atomic E-state index is -0.179. The van der Waals surface area contributed by atoms with Gasteiger partial charge in [-0.2, -0.15) is 0 Å². The van der Waals surface area contributed by atoms with Gasteiger partial charge in [0.25, 0.3) is 0 Å². The maximum absolute atomic E-state index is 12.6. The molecule has 0 bridgehead atoms. The topological polar surface area (TPSA) is 3.01 Å². The van der Waals surface area contributed by atoms with Gasteiger partial charge in [-0.15, -0.1) is 0 Å². The van der Waals surface area contributed by atoms with Crippen LogP contribution in [0.2, 0.25) is 0 Å². The summed E-state index contributed by atoms with van der Waals surface area (Å²) in [6.07, 6.45) is 2.05. The van der Waals surface area contributed by atoms with Crippen molar-refractivity contribution in [1.82, 2.24) is 0 Å². The summed E-state index contributed by atoms with van der Waals surface area (Å²) in [5, 5.41) is 1.26. The average Bonchev–Trinajstić information content (AvgIpc) is 2.20. The molecular weight excluding hydrogens is 197 g/mol. The van der Waals surface area contributed by atoms with Crippen LogP contribution in [0.25, 0.3) is 0 Å². The highest BCUT2D eigenvalue weighted by Crippen LogP contribution is 2.05. The molecule has 0 saturated heterocycles. The molecule has 1 aromatic rings. The summed E-state index contributed by atoms with van der Waals surface area (Å²) < 4.78 is 14.8. The van der Waals surface area contributed by atoms with Crippen LogP contribution in [-0.2, 0) is 6.54 Å². The van der Waals surface area contributed by atoms with Crippen molar-refractivity contribution >= 4 is 16.8 Å². The van der Waals surface area contributed by atoms with Gasteiger partial charge < -0.3 is 0 Å². The summed E-state index contributed by atoms with van der Waals surface area (Å²) in [7, 11) is 2.04. The number of hydrogen-bond acceptors (Lipinski definition) is 1. The van der Waals surface area contributed by atoms with E-state index in [1.165, 1.54) is 17.2 Å². The second-order valence-electron chi connectivity index (χ2n) is 3.21. The molecule has 0 heterocycles. The van der Waals surface area contributed by atoms with E-state index in [1.807, 2.05) is 19.2 Å². The fourth-order valence-corrected chi connectivity index (χ4v) is 1.51. The van der Waals surface area contributed by atoms with Gasteiger partial charge in [0, 0.05) is 12.5 Å². The number of halogens is 1. The molecule has 0 N–H and O–H groups in total. The number of nitrogens with zero attached hydrogens (tertiary/aromatic N) is 1. The largest absolute Gasteiger partial charge is 0.227 e. The van der Waals surface area contributed by atoms with E-state index >= 15 is 0 Å². The molecular formula is C11H15FNS+. The first kappa shape index (κ1) is 11.2. The lowest BCUT2D eigenvalue weighted by Crippen LogP contribution is -2.11. The third kappa shape index (κ3) is 3.14. The fraction of sp³-hybridized carbons (Fsp3) is 0.364. The Hall–Kier alpha value is -0.830. The zero-order valence-electron chi connectivity index (χ0n) is 8.75. The molecule has 1 nitrogen and oxygen atoms in total. The van der Waals surface area contributed by atoms with Gasteiger partial charge >= 0.3 is 0 Å². The first-order valence-corrected chi connectivity index (χ1v) is 5.69. The summed E-state index contributed by atoms with van der Waals surface area (Å²) in [5.74, 6) is -0.179. The molecule has 0 radical (unpaired) electrons. The smallest absolute Gasteiger partial charge is 0.207 e. The number of hydrogen-bond donors (Lipinski definition) is 0. The minimum Gasteiger partial charge on any atom is -0.227 e. The van der Waals surface area contributed by atoms with Gasteiger partial charge in [-0.25, -0.2) is 8.97 Å². The Morgan fingerprint density at radius 2 is 1.93 bits per heavy atom. The standard InChI is InChI=1S/C11H15FNS/c1-9(14-3)13(2)8-10-4-6-11(12)7-5-10/h4-7H,8H2,1-3H3/q+1. The van der Waals surface area contributed by atoms with Gasteiger partial charge in [0.15, 0.2) is 6.54 Å². The number of rotatable bonds is 2. The molecule has 0 saturated carbocycles. The molecule has 0 fully saturated rings. The van der Waals surface area contributed by atoms with Gasteiger partial charge in [0.1, 0.15) is 12.9 Å². The van der Waals surface area contributed by atoms with Crippen molar-refractivity contribution in [2.24, 2.45) is 0 Å². The van der Waals surface area contributed by atoms with Gasteiger partial charge in [-0.3, -0.25) is 0 Å². The lowest BCUT2D eigenvalue weighted by atomic mass is 10.2. The SMILES string of the molecule is CSC(C)=[N+](C)Cc1ccc(F)cc1. The van der Waals surface area contributed by atoms with E-state index in [0.29, 0.717) is 0 Å². The average molecular weight is 212 g/mol. The molecule has 0 unspecified atom stereocenters. The quantitative estimate of drug-likeness (QED) is 0.414. The molecule has 14 heavy (non-hydrogen) atoms. The summed E-state index contributed by atoms with van der Waals surface area (Å²) in [6.45, 7) is 2.90. The van der Waals surface area contributed by atoms with Crippen LogP contribution in [0.5, 0.6) is 0 Å². The van der Waals surface area contributed by atoms with E-state index in [2.05, 4.69) is 17.8 Å². The predicted molar refractivity (Wildman–Crippen MR) is 60.5 cm³/mol. The first-order chi connectivity index (χ1) is 6.63. The van der Waals surface area contributed by atoms with Crippen LogP contribution in [0.3, 0.4) is 0 Å². The van der Waals surface area contributed by atoms with Crippen molar-refractivity contribution < 1.29 is 8.97 Å². The van der Waals surface area contributed by atoms with Gasteiger partial charge in [-0.1, -0.05) is 11.8 Å². The van der Waals surface area contributed by atoms with E-state index in [9.17, 15) is 4.39 Å². The Kier molecular flexibility index (Phi) is 4.14. The molecule has 0 amide bonds. The summed E-state index contributed by atoms with van der Waals surface area (Å²) >= 11 is 1.72. The highest BCUT2D eigenvalue weighted by atomic mass is 32.2. The molecule has 0 aliphatic heterocycles. The molecule has 76 valence electrons. The third-order valence-electron chi connectivity index (χ3n) is 2.17. The molecule has 0 aromatic heterocycles. The Balaban J connectivity index is 2.74. The zero-order chi connectivity index (χ0) is 10.6. The van der Waals surface area contributed by atoms with E-state index in [4.69, 9.17) is 0 Å². The Bertz CT molecular complexity index is 330. The van der Waals surface area contributed by atoms with Crippen molar-refractivity contribution in [1.29, 1.82) is 0 Å². The van der Waals surface area contributed by atoms with E-state index < -0.39 is 0 Å². The van der Waals surface area contributed by atoms with Crippen LogP contribution in [0.4, 0.5) is 4.39 Å². The minimum absolute atomic E-state index is 0.179. The third-order valence-corrected chi connectivity index (χ3v) is 3.07. The lowest BCUT2D eigenvalue weighted by molar-refractivity contribution is -0.511. The van der Waals surface area contributed by atoms with E-state index in [1.54, 1.807) is 11.8 Å². The Labute approximate surface area is 88.7 Å². The number of benzene rings is 1. The van der Waals surface area contributed by atoms with E-state index in [-0.39, 0.29) is 5.82 Å². The molecule has 1 aromatic carbocycles. The lowest BCUT2D eigenvalue weighted by Gasteiger charge is -2.00. The molecule has 0 aliphatic rings. The highest BCUT2D eigenvalue weighted by molar-refractivity contribution is 8.13. The molecule has 1 rings (SSSR count). The maximum atomic E-state index is 12.6. The normalized spacial score (nSPS) is 12.6. The molecule has 3 heteroatoms. The maximum Gasteiger partial charge on any atom is 0.207 e. The zero-order valence-corrected chi connectivity index (χ0v) is 9.57. The second-order valence-corrected chi connectivity index (χ2v) is 4.20. The van der Waals surface area contributed by atoms with E-state index in [0.717, 1.165) is 12.1 Å². The highest BCUT2D eigenvalue weighted by Gasteiger charge is 2.04. The molecule has 0 atom stereocenters. The second kappa shape index (κ2) is 5.15. The Morgan fingerprint density at radius 3 is 2.43 bits per heavy atom. The van der Waals surface area contributed by atoms with Crippen LogP contribution in [0, 0.1) is 5.82 Å². The van der Waals surface area contributed by atoms with Crippen LogP contribution in [0.1, 0.15) is 12.5 Å². The van der Waals surface area contributed by atoms with Crippen LogP contribution < -0.4 is 0 Å². The monoisotopic (exact) mass is 212 g/mol. The van der Waals surface area contributed by atoms with Crippen molar-refractivity contribution in [2.45, 2.75) is 13.5 Å². The fourth-order valence-electron chi connectivity index (χ4n) is 1.13. The summed E-state index contributed by atoms with van der Waals surface area (Å²) in [6, 6.07) is 6.63. The first-order valence-electron chi connectivity index (χ1n) is 4.46. The van der Waals surface area contributed by atoms with Crippen molar-refractivity contribution in [2.75, 3.05) is 13.3 Å². The van der Waals surface area contributed by atoms with Gasteiger partial charge in [0.05, 0.1) is 0 Å². The summed E-state index contributed by atoms with van der Waals surface area (Å²) in [5.41, 5.74) is 1.13. The predicted octanol–water partition coefficient (Wildman–Crippen LogP) is 2.75. The van der Waals surface area contributed by atoms with Gasteiger partial charge in [-0.05, 0) is 30.5 Å². The van der Waals surface area contributed by atoms with Crippen LogP contribution in [-0.4, -0.2) is 22.9 Å². The van der Waals surface area contributed by atoms with Gasteiger partial charge in [0.2, 0.25) is 5.04 Å². The van der Waals surface area contributed by atoms with Crippen LogP contribution >= 0.6 is 11.8 Å². The van der Waals surface area contributed by atoms with Crippen molar-refractivity contribution in [3.8, 4) is 0 Å². The van der Waals surface area contributed by atoms with Crippen molar-refractivity contribution in [3.63, 3.8) is 0 Å². The molecule has 0 aliphatic carbocycles. The number of thioether (sulfide) groups is 1. The van der Waals surface area contributed by atoms with Crippen molar-refractivity contribution in [3.05, 3.63) is 35.6 Å². The molecule has 0 spiro atoms.